The first kappa shape index (κ1) is 32.8. The van der Waals surface area contributed by atoms with E-state index < -0.39 is 0 Å². The van der Waals surface area contributed by atoms with Gasteiger partial charge in [-0.2, -0.15) is 0 Å². The second kappa shape index (κ2) is 12.8. The molecule has 6 heteroatoms. The van der Waals surface area contributed by atoms with Crippen molar-refractivity contribution in [3.05, 3.63) is 199 Å². The highest BCUT2D eigenvalue weighted by Gasteiger charge is 2.33. The van der Waals surface area contributed by atoms with Crippen molar-refractivity contribution < 1.29 is 8.83 Å². The fraction of sp³-hybridized carbons (Fsp3) is 0.0577. The summed E-state index contributed by atoms with van der Waals surface area (Å²) in [7, 11) is 2.14. The summed E-state index contributed by atoms with van der Waals surface area (Å²) in [4.78, 5) is 7.57. The van der Waals surface area contributed by atoms with Crippen LogP contribution in [0.3, 0.4) is 0 Å². The van der Waals surface area contributed by atoms with Crippen LogP contribution in [0.5, 0.6) is 0 Å². The molecule has 12 rings (SSSR count). The summed E-state index contributed by atoms with van der Waals surface area (Å²) in [6, 6.07) is 63.9. The minimum atomic E-state index is -0.186. The van der Waals surface area contributed by atoms with Gasteiger partial charge in [0, 0.05) is 60.8 Å². The molecule has 58 heavy (non-hydrogen) atoms. The maximum absolute atomic E-state index is 6.90. The number of hydrogen-bond acceptors (Lipinski definition) is 5. The topological polar surface area (TPSA) is 58.8 Å². The van der Waals surface area contributed by atoms with Gasteiger partial charge in [0.2, 0.25) is 0 Å². The van der Waals surface area contributed by atoms with Crippen LogP contribution >= 0.6 is 0 Å². The molecule has 4 heterocycles. The number of benzene rings is 8. The number of fused-ring (bicyclic) bond motifs is 9. The summed E-state index contributed by atoms with van der Waals surface area (Å²) >= 11 is 0. The van der Waals surface area contributed by atoms with Gasteiger partial charge in [0.25, 0.3) is 0 Å². The van der Waals surface area contributed by atoms with Gasteiger partial charge in [-0.15, -0.1) is 0 Å². The van der Waals surface area contributed by atoms with Crippen molar-refractivity contribution in [3.63, 3.8) is 0 Å². The smallest absolute Gasteiger partial charge is 0.143 e. The summed E-state index contributed by atoms with van der Waals surface area (Å²) in [5.74, 6) is 0.864. The molecule has 0 fully saturated rings. The molecule has 1 aliphatic heterocycles. The average Bonchev–Trinajstić information content (AvgIpc) is 3.96. The predicted octanol–water partition coefficient (Wildman–Crippen LogP) is 12.9. The van der Waals surface area contributed by atoms with Crippen LogP contribution in [0.4, 0.5) is 0 Å². The number of aromatic nitrogens is 1. The van der Waals surface area contributed by atoms with E-state index in [2.05, 4.69) is 198 Å². The van der Waals surface area contributed by atoms with Crippen LogP contribution in [0.1, 0.15) is 29.0 Å². The highest BCUT2D eigenvalue weighted by atomic mass is 16.3. The van der Waals surface area contributed by atoms with Gasteiger partial charge < -0.3 is 18.7 Å². The molecule has 0 spiro atoms. The fourth-order valence-electron chi connectivity index (χ4n) is 9.30. The van der Waals surface area contributed by atoms with Crippen molar-refractivity contribution in [2.75, 3.05) is 7.05 Å². The van der Waals surface area contributed by atoms with Gasteiger partial charge in [-0.05, 0) is 54.6 Å². The first-order valence-electron chi connectivity index (χ1n) is 19.7. The zero-order valence-corrected chi connectivity index (χ0v) is 31.6. The molecule has 8 aromatic carbocycles. The lowest BCUT2D eigenvalue weighted by Crippen LogP contribution is -2.46. The van der Waals surface area contributed by atoms with Gasteiger partial charge in [-0.3, -0.25) is 4.90 Å². The van der Waals surface area contributed by atoms with E-state index >= 15 is 0 Å². The summed E-state index contributed by atoms with van der Waals surface area (Å²) < 4.78 is 15.9. The minimum Gasteiger partial charge on any atom is -0.456 e. The molecule has 6 nitrogen and oxygen atoms in total. The number of nitrogens with zero attached hydrogens (tertiary/aromatic N) is 3. The first-order chi connectivity index (χ1) is 28.7. The van der Waals surface area contributed by atoms with Crippen molar-refractivity contribution in [3.8, 4) is 16.8 Å². The zero-order valence-electron chi connectivity index (χ0n) is 31.6. The standard InChI is InChI=1S/C52H36N4O2/c1-55-51(33-17-6-3-7-18-33)53-50(32-15-4-2-5-16-32)54-52(55)41-24-14-28-45-48(41)40-23-12-22-38(49(40)58-45)37-21-13-27-44-47(37)39-30-29-34(31-46(39)57-44)56-42-25-10-8-19-35(42)36-20-9-11-26-43(36)56/h2-31,51-52H,1H3,(H,53,54). The minimum absolute atomic E-state index is 0.184. The van der Waals surface area contributed by atoms with Gasteiger partial charge in [0.1, 0.15) is 40.5 Å². The Labute approximate surface area is 333 Å². The Kier molecular flexibility index (Phi) is 7.25. The van der Waals surface area contributed by atoms with Crippen LogP contribution in [0.2, 0.25) is 0 Å². The Morgan fingerprint density at radius 3 is 1.93 bits per heavy atom. The molecule has 2 unspecified atom stereocenters. The monoisotopic (exact) mass is 748 g/mol. The Morgan fingerprint density at radius 1 is 0.517 bits per heavy atom. The SMILES string of the molecule is CN1C(c2ccccc2)N=C(c2ccccc2)NC1c1cccc2oc3c(-c4cccc5oc6cc(-n7c8ccccc8c8ccccc87)ccc6c45)cccc3c12. The maximum atomic E-state index is 6.90. The Bertz CT molecular complexity index is 3360. The quantitative estimate of drug-likeness (QED) is 0.190. The van der Waals surface area contributed by atoms with Gasteiger partial charge in [0.05, 0.1) is 11.0 Å². The van der Waals surface area contributed by atoms with E-state index in [1.807, 2.05) is 6.07 Å². The molecule has 11 aromatic rings. The third-order valence-corrected chi connectivity index (χ3v) is 11.9. The van der Waals surface area contributed by atoms with E-state index in [-0.39, 0.29) is 12.3 Å². The van der Waals surface area contributed by atoms with E-state index in [4.69, 9.17) is 13.8 Å². The van der Waals surface area contributed by atoms with Crippen molar-refractivity contribution >= 4 is 71.5 Å². The lowest BCUT2D eigenvalue weighted by Gasteiger charge is -2.39. The molecular weight excluding hydrogens is 713 g/mol. The van der Waals surface area contributed by atoms with Crippen LogP contribution < -0.4 is 5.32 Å². The van der Waals surface area contributed by atoms with Gasteiger partial charge in [-0.25, -0.2) is 4.99 Å². The number of amidine groups is 1. The Morgan fingerprint density at radius 2 is 1.16 bits per heavy atom. The summed E-state index contributed by atoms with van der Waals surface area (Å²) in [5, 5.41) is 10.6. The van der Waals surface area contributed by atoms with Crippen LogP contribution in [0, 0.1) is 0 Å². The second-order valence-corrected chi connectivity index (χ2v) is 15.2. The Balaban J connectivity index is 1.01. The van der Waals surface area contributed by atoms with E-state index in [1.54, 1.807) is 0 Å². The van der Waals surface area contributed by atoms with E-state index in [1.165, 1.54) is 21.8 Å². The lowest BCUT2D eigenvalue weighted by atomic mass is 9.96. The number of furan rings is 2. The normalized spacial score (nSPS) is 16.2. The Hall–Kier alpha value is -7.41. The van der Waals surface area contributed by atoms with Crippen molar-refractivity contribution in [2.24, 2.45) is 4.99 Å². The predicted molar refractivity (Wildman–Crippen MR) is 237 cm³/mol. The number of nitrogens with one attached hydrogen (secondary N) is 1. The molecule has 2 atom stereocenters. The third kappa shape index (κ3) is 4.92. The number of para-hydroxylation sites is 3. The zero-order chi connectivity index (χ0) is 38.3. The van der Waals surface area contributed by atoms with E-state index in [0.29, 0.717) is 0 Å². The van der Waals surface area contributed by atoms with Gasteiger partial charge >= 0.3 is 0 Å². The molecule has 0 amide bonds. The van der Waals surface area contributed by atoms with Crippen LogP contribution in [0.15, 0.2) is 196 Å². The molecule has 0 saturated carbocycles. The number of aliphatic imine (C=N–C) groups is 1. The van der Waals surface area contributed by atoms with Gasteiger partial charge in [-0.1, -0.05) is 140 Å². The van der Waals surface area contributed by atoms with Crippen molar-refractivity contribution in [2.45, 2.75) is 12.3 Å². The number of hydrogen-bond donors (Lipinski definition) is 1. The maximum Gasteiger partial charge on any atom is 0.143 e. The highest BCUT2D eigenvalue weighted by molar-refractivity contribution is 6.18. The molecule has 1 N–H and O–H groups in total. The van der Waals surface area contributed by atoms with Crippen molar-refractivity contribution in [1.82, 2.24) is 14.8 Å². The third-order valence-electron chi connectivity index (χ3n) is 11.9. The highest BCUT2D eigenvalue weighted by Crippen LogP contribution is 2.45. The molecule has 1 aliphatic rings. The average molecular weight is 749 g/mol. The molecule has 0 aliphatic carbocycles. The lowest BCUT2D eigenvalue weighted by molar-refractivity contribution is 0.153. The molecule has 0 radical (unpaired) electrons. The molecule has 0 bridgehead atoms. The van der Waals surface area contributed by atoms with Gasteiger partial charge in [0.15, 0.2) is 0 Å². The largest absolute Gasteiger partial charge is 0.456 e. The van der Waals surface area contributed by atoms with Crippen molar-refractivity contribution in [1.29, 1.82) is 0 Å². The van der Waals surface area contributed by atoms with Crippen LogP contribution in [-0.2, 0) is 0 Å². The molecule has 3 aromatic heterocycles. The molecular formula is C52H36N4O2. The van der Waals surface area contributed by atoms with E-state index in [0.717, 1.165) is 83.2 Å². The fourth-order valence-corrected chi connectivity index (χ4v) is 9.30. The summed E-state index contributed by atoms with van der Waals surface area (Å²) in [6.07, 6.45) is -0.370. The van der Waals surface area contributed by atoms with Crippen LogP contribution in [-0.4, -0.2) is 22.4 Å². The van der Waals surface area contributed by atoms with Crippen LogP contribution in [0.25, 0.3) is 82.5 Å². The molecule has 276 valence electrons. The summed E-state index contributed by atoms with van der Waals surface area (Å²) in [5.41, 5.74) is 12.2. The first-order valence-corrected chi connectivity index (χ1v) is 19.7. The molecule has 0 saturated heterocycles. The second-order valence-electron chi connectivity index (χ2n) is 15.2. The summed E-state index contributed by atoms with van der Waals surface area (Å²) in [6.45, 7) is 0. The van der Waals surface area contributed by atoms with E-state index in [9.17, 15) is 0 Å². The number of rotatable bonds is 5.